The lowest BCUT2D eigenvalue weighted by molar-refractivity contribution is -0.113. The van der Waals surface area contributed by atoms with Gasteiger partial charge in [0.2, 0.25) is 5.12 Å². The van der Waals surface area contributed by atoms with Gasteiger partial charge in [-0.15, -0.1) is 0 Å². The number of thioether (sulfide) groups is 1. The quantitative estimate of drug-likeness (QED) is 0.716. The highest BCUT2D eigenvalue weighted by Gasteiger charge is 2.39. The average Bonchev–Trinajstić information content (AvgIpc) is 3.16. The second-order valence-corrected chi connectivity index (χ2v) is 7.42. The lowest BCUT2D eigenvalue weighted by Gasteiger charge is -2.18. The molecule has 3 aromatic rings. The molecule has 2 aromatic carbocycles. The molecule has 0 spiro atoms. The van der Waals surface area contributed by atoms with Crippen molar-refractivity contribution in [3.05, 3.63) is 65.9 Å². The predicted molar refractivity (Wildman–Crippen MR) is 106 cm³/mol. The number of nitrogens with one attached hydrogen (secondary N) is 1. The van der Waals surface area contributed by atoms with Gasteiger partial charge in [-0.2, -0.15) is 0 Å². The molecule has 0 aliphatic carbocycles. The van der Waals surface area contributed by atoms with E-state index < -0.39 is 6.04 Å². The van der Waals surface area contributed by atoms with E-state index in [1.54, 1.807) is 25.4 Å². The maximum absolute atomic E-state index is 12.7. The number of nitrogens with zero attached hydrogens (tertiary/aromatic N) is 2. The standard InChI is InChI=1S/C20H17N3O3S/c1-12-5-3-6-13(11-12)21-19(25)23-10-9-14-15(7-4-8-16(14)23)17-18(24)27-20(26)22(17)2/h3-11,17H,1-2H3,(H,21,25). The number of carbonyl (C=O) groups is 3. The predicted octanol–water partition coefficient (Wildman–Crippen LogP) is 4.40. The van der Waals surface area contributed by atoms with Gasteiger partial charge in [0.1, 0.15) is 6.04 Å². The Kier molecular flexibility index (Phi) is 4.24. The Balaban J connectivity index is 1.71. The van der Waals surface area contributed by atoms with Crippen molar-refractivity contribution in [1.82, 2.24) is 9.47 Å². The van der Waals surface area contributed by atoms with Crippen LogP contribution in [0.4, 0.5) is 15.3 Å². The first-order chi connectivity index (χ1) is 13.0. The second kappa shape index (κ2) is 6.59. The first-order valence-corrected chi connectivity index (χ1v) is 9.24. The molecule has 1 saturated heterocycles. The fourth-order valence-corrected chi connectivity index (χ4v) is 4.14. The molecular weight excluding hydrogens is 362 g/mol. The molecule has 1 unspecified atom stereocenters. The first-order valence-electron chi connectivity index (χ1n) is 8.42. The number of benzene rings is 2. The Hall–Kier alpha value is -3.06. The average molecular weight is 379 g/mol. The van der Waals surface area contributed by atoms with Gasteiger partial charge in [0.25, 0.3) is 5.24 Å². The summed E-state index contributed by atoms with van der Waals surface area (Å²) in [4.78, 5) is 38.3. The van der Waals surface area contributed by atoms with Crippen molar-refractivity contribution in [1.29, 1.82) is 0 Å². The Bertz CT molecular complexity index is 1090. The number of likely N-dealkylation sites (N-methyl/N-ethyl adjacent to an activating group) is 1. The van der Waals surface area contributed by atoms with Gasteiger partial charge in [0, 0.05) is 36.1 Å². The first kappa shape index (κ1) is 17.4. The number of aryl methyl sites for hydroxylation is 1. The summed E-state index contributed by atoms with van der Waals surface area (Å²) in [6.07, 6.45) is 1.67. The Morgan fingerprint density at radius 1 is 1.11 bits per heavy atom. The molecular formula is C20H17N3O3S. The van der Waals surface area contributed by atoms with E-state index >= 15 is 0 Å². The van der Waals surface area contributed by atoms with E-state index in [1.165, 1.54) is 9.47 Å². The molecule has 6 nitrogen and oxygen atoms in total. The molecule has 7 heteroatoms. The molecule has 0 saturated carbocycles. The van der Waals surface area contributed by atoms with Crippen LogP contribution in [0.5, 0.6) is 0 Å². The largest absolute Gasteiger partial charge is 0.330 e. The molecule has 0 bridgehead atoms. The molecule has 1 atom stereocenters. The number of rotatable bonds is 2. The summed E-state index contributed by atoms with van der Waals surface area (Å²) in [5.41, 5.74) is 3.17. The minimum absolute atomic E-state index is 0.202. The van der Waals surface area contributed by atoms with Crippen LogP contribution in [0.25, 0.3) is 10.9 Å². The molecule has 1 aromatic heterocycles. The van der Waals surface area contributed by atoms with Crippen LogP contribution in [0.2, 0.25) is 0 Å². The van der Waals surface area contributed by atoms with Crippen LogP contribution in [0, 0.1) is 6.92 Å². The topological polar surface area (TPSA) is 71.4 Å². The van der Waals surface area contributed by atoms with E-state index in [2.05, 4.69) is 5.32 Å². The highest BCUT2D eigenvalue weighted by atomic mass is 32.2. The number of aromatic nitrogens is 1. The Morgan fingerprint density at radius 3 is 2.59 bits per heavy atom. The van der Waals surface area contributed by atoms with E-state index in [0.29, 0.717) is 11.2 Å². The Morgan fingerprint density at radius 2 is 1.89 bits per heavy atom. The normalized spacial score (nSPS) is 17.0. The molecule has 2 heterocycles. The minimum atomic E-state index is -0.637. The summed E-state index contributed by atoms with van der Waals surface area (Å²) in [6, 6.07) is 13.9. The van der Waals surface area contributed by atoms with Crippen molar-refractivity contribution in [3.63, 3.8) is 0 Å². The minimum Gasteiger partial charge on any atom is -0.321 e. The zero-order chi connectivity index (χ0) is 19.1. The van der Waals surface area contributed by atoms with Crippen LogP contribution >= 0.6 is 11.8 Å². The van der Waals surface area contributed by atoms with Gasteiger partial charge >= 0.3 is 6.03 Å². The highest BCUT2D eigenvalue weighted by molar-refractivity contribution is 8.26. The fraction of sp³-hybridized carbons (Fsp3) is 0.150. The molecule has 4 rings (SSSR count). The van der Waals surface area contributed by atoms with E-state index in [9.17, 15) is 14.4 Å². The van der Waals surface area contributed by atoms with Gasteiger partial charge in [0.15, 0.2) is 0 Å². The third-order valence-electron chi connectivity index (χ3n) is 4.64. The van der Waals surface area contributed by atoms with Gasteiger partial charge in [-0.1, -0.05) is 24.3 Å². The summed E-state index contributed by atoms with van der Waals surface area (Å²) in [5, 5.41) is 3.19. The van der Waals surface area contributed by atoms with Crippen molar-refractivity contribution < 1.29 is 14.4 Å². The van der Waals surface area contributed by atoms with Crippen LogP contribution in [0.3, 0.4) is 0 Å². The summed E-state index contributed by atoms with van der Waals surface area (Å²) in [7, 11) is 1.62. The molecule has 1 aliphatic heterocycles. The second-order valence-electron chi connectivity index (χ2n) is 6.47. The maximum atomic E-state index is 12.7. The molecule has 136 valence electrons. The smallest absolute Gasteiger partial charge is 0.321 e. The summed E-state index contributed by atoms with van der Waals surface area (Å²) >= 11 is 0.718. The van der Waals surface area contributed by atoms with Crippen LogP contribution in [0.15, 0.2) is 54.7 Å². The van der Waals surface area contributed by atoms with Gasteiger partial charge in [-0.05, 0) is 42.3 Å². The van der Waals surface area contributed by atoms with E-state index in [-0.39, 0.29) is 16.4 Å². The van der Waals surface area contributed by atoms with Gasteiger partial charge < -0.3 is 10.2 Å². The zero-order valence-electron chi connectivity index (χ0n) is 14.8. The molecule has 2 amide bonds. The third kappa shape index (κ3) is 3.00. The highest BCUT2D eigenvalue weighted by Crippen LogP contribution is 2.38. The molecule has 27 heavy (non-hydrogen) atoms. The molecule has 1 N–H and O–H groups in total. The maximum Gasteiger partial charge on any atom is 0.330 e. The van der Waals surface area contributed by atoms with Crippen LogP contribution in [-0.2, 0) is 4.79 Å². The van der Waals surface area contributed by atoms with Crippen molar-refractivity contribution in [3.8, 4) is 0 Å². The van der Waals surface area contributed by atoms with E-state index in [0.717, 1.165) is 28.3 Å². The number of hydrogen-bond acceptors (Lipinski definition) is 4. The van der Waals surface area contributed by atoms with Crippen LogP contribution in [0.1, 0.15) is 17.2 Å². The summed E-state index contributed by atoms with van der Waals surface area (Å²) in [5.74, 6) is 0. The van der Waals surface area contributed by atoms with Crippen LogP contribution < -0.4 is 5.32 Å². The molecule has 0 radical (unpaired) electrons. The molecule has 1 aliphatic rings. The van der Waals surface area contributed by atoms with Gasteiger partial charge in [-0.25, -0.2) is 4.79 Å². The van der Waals surface area contributed by atoms with Crippen molar-refractivity contribution in [2.75, 3.05) is 12.4 Å². The van der Waals surface area contributed by atoms with Crippen molar-refractivity contribution >= 4 is 44.7 Å². The van der Waals surface area contributed by atoms with Crippen LogP contribution in [-0.4, -0.2) is 32.9 Å². The third-order valence-corrected chi connectivity index (χ3v) is 5.52. The van der Waals surface area contributed by atoms with Gasteiger partial charge in [-0.3, -0.25) is 14.2 Å². The fourth-order valence-electron chi connectivity index (χ4n) is 3.33. The zero-order valence-corrected chi connectivity index (χ0v) is 15.6. The lowest BCUT2D eigenvalue weighted by atomic mass is 10.0. The monoisotopic (exact) mass is 379 g/mol. The number of carbonyl (C=O) groups excluding carboxylic acids is 3. The van der Waals surface area contributed by atoms with Gasteiger partial charge in [0.05, 0.1) is 5.52 Å². The van der Waals surface area contributed by atoms with Crippen molar-refractivity contribution in [2.45, 2.75) is 13.0 Å². The number of anilines is 1. The van der Waals surface area contributed by atoms with E-state index in [1.807, 2.05) is 43.3 Å². The summed E-state index contributed by atoms with van der Waals surface area (Å²) < 4.78 is 1.51. The Labute approximate surface area is 160 Å². The van der Waals surface area contributed by atoms with Crippen molar-refractivity contribution in [2.24, 2.45) is 0 Å². The lowest BCUT2D eigenvalue weighted by Crippen LogP contribution is -2.23. The number of hydrogen-bond donors (Lipinski definition) is 1. The summed E-state index contributed by atoms with van der Waals surface area (Å²) in [6.45, 7) is 1.96. The van der Waals surface area contributed by atoms with E-state index in [4.69, 9.17) is 0 Å². The number of amides is 2. The SMILES string of the molecule is Cc1cccc(NC(=O)n2ccc3c(C4C(=O)SC(=O)N4C)cccc32)c1. The molecule has 1 fully saturated rings. The number of fused-ring (bicyclic) bond motifs is 1.